The molecule has 0 aliphatic rings. The van der Waals surface area contributed by atoms with Crippen LogP contribution in [-0.4, -0.2) is 9.97 Å². The van der Waals surface area contributed by atoms with Crippen molar-refractivity contribution >= 4 is 17.2 Å². The highest BCUT2D eigenvalue weighted by molar-refractivity contribution is 7.15. The van der Waals surface area contributed by atoms with E-state index in [-0.39, 0.29) is 0 Å². The van der Waals surface area contributed by atoms with Crippen LogP contribution in [0.2, 0.25) is 0 Å². The monoisotopic (exact) mass is 281 g/mol. The lowest BCUT2D eigenvalue weighted by Crippen LogP contribution is -1.89. The highest BCUT2D eigenvalue weighted by Gasteiger charge is 2.14. The number of pyridine rings is 1. The lowest BCUT2D eigenvalue weighted by molar-refractivity contribution is 1.10. The van der Waals surface area contributed by atoms with Crippen molar-refractivity contribution in [3.8, 4) is 21.7 Å². The van der Waals surface area contributed by atoms with Gasteiger partial charge in [-0.1, -0.05) is 37.3 Å². The van der Waals surface area contributed by atoms with Gasteiger partial charge in [0, 0.05) is 11.8 Å². The van der Waals surface area contributed by atoms with Gasteiger partial charge in [0.2, 0.25) is 0 Å². The smallest absolute Gasteiger partial charge is 0.123 e. The molecule has 0 aliphatic carbocycles. The fourth-order valence-corrected chi connectivity index (χ4v) is 3.11. The zero-order valence-corrected chi connectivity index (χ0v) is 12.0. The van der Waals surface area contributed by atoms with Gasteiger partial charge in [0.05, 0.1) is 15.6 Å². The summed E-state index contributed by atoms with van der Waals surface area (Å²) in [6, 6.07) is 14.1. The summed E-state index contributed by atoms with van der Waals surface area (Å²) in [7, 11) is 0. The molecular formula is C16H15N3S. The zero-order chi connectivity index (χ0) is 13.9. The van der Waals surface area contributed by atoms with Crippen molar-refractivity contribution in [1.29, 1.82) is 0 Å². The summed E-state index contributed by atoms with van der Waals surface area (Å²) in [6.45, 7) is 2.12. The van der Waals surface area contributed by atoms with Gasteiger partial charge < -0.3 is 5.73 Å². The molecule has 0 saturated carbocycles. The molecule has 1 aromatic carbocycles. The van der Waals surface area contributed by atoms with Crippen LogP contribution in [0.5, 0.6) is 0 Å². The summed E-state index contributed by atoms with van der Waals surface area (Å²) in [5, 5.41) is 1.13. The van der Waals surface area contributed by atoms with Crippen LogP contribution in [0.15, 0.2) is 48.7 Å². The van der Waals surface area contributed by atoms with Crippen LogP contribution in [-0.2, 0) is 6.42 Å². The number of aryl methyl sites for hydroxylation is 1. The number of nitrogens with two attached hydrogens (primary N) is 1. The minimum atomic E-state index is 0.535. The van der Waals surface area contributed by atoms with Crippen molar-refractivity contribution in [2.75, 3.05) is 5.73 Å². The molecule has 0 bridgehead atoms. The van der Waals surface area contributed by atoms with Gasteiger partial charge in [-0.25, -0.2) is 9.97 Å². The standard InChI is InChI=1S/C16H15N3S/c1-2-14-19-15(11-6-4-3-5-7-11)16(20-14)12-8-9-18-13(17)10-12/h3-10H,2H2,1H3,(H2,17,18). The van der Waals surface area contributed by atoms with Gasteiger partial charge in [0.25, 0.3) is 0 Å². The molecule has 0 unspecified atom stereocenters. The Kier molecular flexibility index (Phi) is 3.48. The van der Waals surface area contributed by atoms with Crippen molar-refractivity contribution in [3.05, 3.63) is 53.7 Å². The van der Waals surface area contributed by atoms with Crippen LogP contribution in [0.25, 0.3) is 21.7 Å². The Labute approximate surface area is 122 Å². The van der Waals surface area contributed by atoms with Crippen LogP contribution >= 0.6 is 11.3 Å². The molecule has 0 spiro atoms. The van der Waals surface area contributed by atoms with E-state index in [1.807, 2.05) is 30.3 Å². The molecule has 0 fully saturated rings. The second kappa shape index (κ2) is 5.43. The third-order valence-corrected chi connectivity index (χ3v) is 4.31. The minimum absolute atomic E-state index is 0.535. The molecular weight excluding hydrogens is 266 g/mol. The Balaban J connectivity index is 2.18. The van der Waals surface area contributed by atoms with Gasteiger partial charge in [-0.3, -0.25) is 0 Å². The van der Waals surface area contributed by atoms with Gasteiger partial charge in [-0.2, -0.15) is 0 Å². The summed E-state index contributed by atoms with van der Waals surface area (Å²) in [6.07, 6.45) is 2.68. The molecule has 100 valence electrons. The average molecular weight is 281 g/mol. The van der Waals surface area contributed by atoms with Crippen LogP contribution in [0.3, 0.4) is 0 Å². The topological polar surface area (TPSA) is 51.8 Å². The first-order chi connectivity index (χ1) is 9.78. The summed E-state index contributed by atoms with van der Waals surface area (Å²) in [5.74, 6) is 0.535. The van der Waals surface area contributed by atoms with Crippen molar-refractivity contribution in [3.63, 3.8) is 0 Å². The summed E-state index contributed by atoms with van der Waals surface area (Å²) < 4.78 is 0. The van der Waals surface area contributed by atoms with Crippen molar-refractivity contribution in [2.45, 2.75) is 13.3 Å². The molecule has 0 radical (unpaired) electrons. The van der Waals surface area contributed by atoms with Gasteiger partial charge in [-0.15, -0.1) is 11.3 Å². The molecule has 0 atom stereocenters. The average Bonchev–Trinajstić information content (AvgIpc) is 2.92. The number of aromatic nitrogens is 2. The van der Waals surface area contributed by atoms with E-state index in [2.05, 4.69) is 24.0 Å². The van der Waals surface area contributed by atoms with Crippen molar-refractivity contribution in [2.24, 2.45) is 0 Å². The largest absolute Gasteiger partial charge is 0.384 e. The van der Waals surface area contributed by atoms with E-state index in [0.717, 1.165) is 33.1 Å². The fraction of sp³-hybridized carbons (Fsp3) is 0.125. The van der Waals surface area contributed by atoms with Crippen molar-refractivity contribution < 1.29 is 0 Å². The number of hydrogen-bond donors (Lipinski definition) is 1. The lowest BCUT2D eigenvalue weighted by atomic mass is 10.1. The van der Waals surface area contributed by atoms with Crippen LogP contribution < -0.4 is 5.73 Å². The predicted molar refractivity (Wildman–Crippen MR) is 84.6 cm³/mol. The Hall–Kier alpha value is -2.20. The first-order valence-electron chi connectivity index (χ1n) is 6.55. The first-order valence-corrected chi connectivity index (χ1v) is 7.36. The number of nitrogens with zero attached hydrogens (tertiary/aromatic N) is 2. The minimum Gasteiger partial charge on any atom is -0.384 e. The predicted octanol–water partition coefficient (Wildman–Crippen LogP) is 4.02. The molecule has 2 heterocycles. The second-order valence-electron chi connectivity index (χ2n) is 4.47. The molecule has 3 rings (SSSR count). The van der Waals surface area contributed by atoms with Gasteiger partial charge in [0.1, 0.15) is 5.82 Å². The Bertz CT molecular complexity index is 720. The van der Waals surface area contributed by atoms with E-state index < -0.39 is 0 Å². The molecule has 3 aromatic rings. The van der Waals surface area contributed by atoms with E-state index in [9.17, 15) is 0 Å². The van der Waals surface area contributed by atoms with Gasteiger partial charge >= 0.3 is 0 Å². The fourth-order valence-electron chi connectivity index (χ4n) is 2.09. The van der Waals surface area contributed by atoms with Crippen LogP contribution in [0.1, 0.15) is 11.9 Å². The van der Waals surface area contributed by atoms with Gasteiger partial charge in [0.15, 0.2) is 0 Å². The maximum absolute atomic E-state index is 5.80. The molecule has 2 N–H and O–H groups in total. The molecule has 0 saturated heterocycles. The highest BCUT2D eigenvalue weighted by Crippen LogP contribution is 2.37. The number of nitrogen functional groups attached to an aromatic ring is 1. The number of benzene rings is 1. The SMILES string of the molecule is CCc1nc(-c2ccccc2)c(-c2ccnc(N)c2)s1. The number of thiazole rings is 1. The van der Waals surface area contributed by atoms with E-state index in [4.69, 9.17) is 10.7 Å². The van der Waals surface area contributed by atoms with Crippen LogP contribution in [0, 0.1) is 0 Å². The summed E-state index contributed by atoms with van der Waals surface area (Å²) in [5.41, 5.74) is 9.03. The molecule has 0 aliphatic heterocycles. The Morgan fingerprint density at radius 1 is 1.10 bits per heavy atom. The van der Waals surface area contributed by atoms with E-state index >= 15 is 0 Å². The normalized spacial score (nSPS) is 10.7. The lowest BCUT2D eigenvalue weighted by Gasteiger charge is -2.03. The van der Waals surface area contributed by atoms with E-state index in [0.29, 0.717) is 5.82 Å². The molecule has 3 nitrogen and oxygen atoms in total. The second-order valence-corrected chi connectivity index (χ2v) is 5.56. The quantitative estimate of drug-likeness (QED) is 0.789. The number of anilines is 1. The molecule has 0 amide bonds. The maximum atomic E-state index is 5.80. The molecule has 4 heteroatoms. The summed E-state index contributed by atoms with van der Waals surface area (Å²) >= 11 is 1.72. The van der Waals surface area contributed by atoms with E-state index in [1.54, 1.807) is 17.5 Å². The van der Waals surface area contributed by atoms with Gasteiger partial charge in [-0.05, 0) is 24.1 Å². The maximum Gasteiger partial charge on any atom is 0.123 e. The molecule has 2 aromatic heterocycles. The third kappa shape index (κ3) is 2.42. The van der Waals surface area contributed by atoms with Crippen LogP contribution in [0.4, 0.5) is 5.82 Å². The number of rotatable bonds is 3. The zero-order valence-electron chi connectivity index (χ0n) is 11.2. The van der Waals surface area contributed by atoms with Crippen molar-refractivity contribution in [1.82, 2.24) is 9.97 Å². The molecule has 20 heavy (non-hydrogen) atoms. The first kappa shape index (κ1) is 12.8. The Morgan fingerprint density at radius 2 is 1.90 bits per heavy atom. The van der Waals surface area contributed by atoms with E-state index in [1.165, 1.54) is 0 Å². The highest BCUT2D eigenvalue weighted by atomic mass is 32.1. The number of hydrogen-bond acceptors (Lipinski definition) is 4. The third-order valence-electron chi connectivity index (χ3n) is 3.06. The Morgan fingerprint density at radius 3 is 2.60 bits per heavy atom. The summed E-state index contributed by atoms with van der Waals surface area (Å²) in [4.78, 5) is 9.97.